The van der Waals surface area contributed by atoms with Crippen molar-refractivity contribution in [1.29, 1.82) is 5.26 Å². The highest BCUT2D eigenvalue weighted by Gasteiger charge is 2.55. The number of benzene rings is 3. The van der Waals surface area contributed by atoms with E-state index in [1.54, 1.807) is 11.1 Å². The Labute approximate surface area is 368 Å². The number of imidazole rings is 2. The number of rotatable bonds is 15. The first kappa shape index (κ1) is 44.4. The van der Waals surface area contributed by atoms with Crippen LogP contribution < -0.4 is 10.6 Å². The maximum Gasteiger partial charge on any atom is 0.407 e. The van der Waals surface area contributed by atoms with Crippen molar-refractivity contribution in [3.63, 3.8) is 0 Å². The van der Waals surface area contributed by atoms with Gasteiger partial charge in [0.1, 0.15) is 23.7 Å². The summed E-state index contributed by atoms with van der Waals surface area (Å²) in [5, 5.41) is 16.9. The second-order valence-electron chi connectivity index (χ2n) is 17.5. The highest BCUT2D eigenvalue weighted by Crippen LogP contribution is 2.58. The van der Waals surface area contributed by atoms with Gasteiger partial charge in [0.25, 0.3) is 0 Å². The minimum Gasteiger partial charge on any atom is -0.453 e. The summed E-state index contributed by atoms with van der Waals surface area (Å²) in [5.74, 6) is 0.589. The molecule has 330 valence electrons. The third-order valence-corrected chi connectivity index (χ3v) is 12.5. The van der Waals surface area contributed by atoms with Gasteiger partial charge in [-0.15, -0.1) is 0 Å². The molecule has 1 spiro atoms. The molecule has 3 heterocycles. The third-order valence-electron chi connectivity index (χ3n) is 12.5. The normalized spacial score (nSPS) is 16.7. The van der Waals surface area contributed by atoms with Crippen LogP contribution in [0.1, 0.15) is 90.5 Å². The van der Waals surface area contributed by atoms with Crippen LogP contribution in [0.2, 0.25) is 0 Å². The van der Waals surface area contributed by atoms with E-state index < -0.39 is 30.3 Å². The molecule has 1 aliphatic heterocycles. The lowest BCUT2D eigenvalue weighted by molar-refractivity contribution is -0.137. The molecule has 3 aromatic carbocycles. The van der Waals surface area contributed by atoms with Gasteiger partial charge in [0.2, 0.25) is 11.8 Å². The Balaban J connectivity index is 1.06. The first-order valence-corrected chi connectivity index (χ1v) is 21.7. The van der Waals surface area contributed by atoms with E-state index in [0.29, 0.717) is 18.8 Å². The number of aromatic amines is 2. The fraction of sp³-hybridized carbons (Fsp3) is 0.438. The predicted molar refractivity (Wildman–Crippen MR) is 239 cm³/mol. The fourth-order valence-corrected chi connectivity index (χ4v) is 8.72. The zero-order valence-corrected chi connectivity index (χ0v) is 37.0. The summed E-state index contributed by atoms with van der Waals surface area (Å²) in [7, 11) is 2.56. The van der Waals surface area contributed by atoms with Gasteiger partial charge in [-0.1, -0.05) is 83.1 Å². The van der Waals surface area contributed by atoms with E-state index in [9.17, 15) is 24.4 Å². The summed E-state index contributed by atoms with van der Waals surface area (Å²) in [6, 6.07) is 20.9. The molecule has 5 aromatic rings. The third kappa shape index (κ3) is 9.55. The molecule has 1 aliphatic carbocycles. The van der Waals surface area contributed by atoms with Crippen molar-refractivity contribution in [3.05, 3.63) is 84.7 Å². The fourth-order valence-electron chi connectivity index (χ4n) is 8.72. The van der Waals surface area contributed by atoms with Crippen molar-refractivity contribution >= 4 is 34.8 Å². The molecule has 2 aliphatic rings. The molecule has 4 amide bonds. The van der Waals surface area contributed by atoms with E-state index >= 15 is 0 Å². The Morgan fingerprint density at radius 1 is 0.825 bits per heavy atom. The van der Waals surface area contributed by atoms with Gasteiger partial charge >= 0.3 is 12.2 Å². The molecule has 1 saturated carbocycles. The minimum atomic E-state index is -0.834. The average molecular weight is 856 g/mol. The standard InChI is InChI=1S/C48H57N9O6/c1-8-38(56(21-9-20-49)44(58)40(28(2)3)54-46(60)62-6)42-50-26-37(53-42)35-17-16-33-22-32(14-15-34(33)23-35)30-10-12-31(13-11-30)36-25-51-43(52-36)39-24-48(18-19-48)27-57(39)45(59)41(29(4)5)55-47(61)63-7/h10-17,22-23,25-26,28-29,38-41H,8-9,18-19,21,24,27H2,1-7H3,(H,50,53)(H,51,52)(H,54,60)(H,55,61)/t38-,39-,40-,41-/m0/s1. The second-order valence-corrected chi connectivity index (χ2v) is 17.5. The largest absolute Gasteiger partial charge is 0.453 e. The van der Waals surface area contributed by atoms with Gasteiger partial charge in [0, 0.05) is 18.7 Å². The van der Waals surface area contributed by atoms with E-state index in [0.717, 1.165) is 69.5 Å². The summed E-state index contributed by atoms with van der Waals surface area (Å²) in [5.41, 5.74) is 5.81. The van der Waals surface area contributed by atoms with E-state index in [-0.39, 0.29) is 48.1 Å². The molecule has 15 nitrogen and oxygen atoms in total. The smallest absolute Gasteiger partial charge is 0.407 e. The van der Waals surface area contributed by atoms with Crippen LogP contribution in [0.25, 0.3) is 44.4 Å². The number of amides is 4. The van der Waals surface area contributed by atoms with Crippen LogP contribution in [0.4, 0.5) is 9.59 Å². The molecule has 2 aromatic heterocycles. The molecule has 63 heavy (non-hydrogen) atoms. The Morgan fingerprint density at radius 3 is 2.00 bits per heavy atom. The number of ether oxygens (including phenoxy) is 2. The number of likely N-dealkylation sites (tertiary alicyclic amines) is 1. The van der Waals surface area contributed by atoms with E-state index in [1.807, 2.05) is 51.8 Å². The summed E-state index contributed by atoms with van der Waals surface area (Å²) in [4.78, 5) is 72.0. The number of fused-ring (bicyclic) bond motifs is 1. The summed E-state index contributed by atoms with van der Waals surface area (Å²) in [6.45, 7) is 10.3. The number of methoxy groups -OCH3 is 2. The van der Waals surface area contributed by atoms with Crippen LogP contribution in [0, 0.1) is 28.6 Å². The monoisotopic (exact) mass is 855 g/mol. The van der Waals surface area contributed by atoms with Crippen LogP contribution in [0.5, 0.6) is 0 Å². The van der Waals surface area contributed by atoms with Crippen LogP contribution in [-0.4, -0.2) is 93.1 Å². The number of alkyl carbamates (subject to hydrolysis) is 2. The van der Waals surface area contributed by atoms with E-state index in [4.69, 9.17) is 19.4 Å². The maximum absolute atomic E-state index is 13.9. The first-order valence-electron chi connectivity index (χ1n) is 21.7. The quantitative estimate of drug-likeness (QED) is 0.0800. The molecule has 4 atom stereocenters. The molecule has 15 heteroatoms. The molecule has 2 fully saturated rings. The number of aromatic nitrogens is 4. The van der Waals surface area contributed by atoms with Gasteiger partial charge in [-0.2, -0.15) is 5.26 Å². The average Bonchev–Trinajstić information content (AvgIpc) is 3.61. The lowest BCUT2D eigenvalue weighted by Crippen LogP contribution is -2.52. The SMILES string of the molecule is CC[C@@H](c1ncc(-c2ccc3cc(-c4ccc(-c5cnc([C@@H]6CC7(CC7)CN6C(=O)[C@@H](NC(=O)OC)C(C)C)[nH]5)cc4)ccc3c2)[nH]1)N(CCC#N)C(=O)[C@@H](NC(=O)OC)C(C)C. The van der Waals surface area contributed by atoms with Crippen LogP contribution in [0.15, 0.2) is 73.1 Å². The van der Waals surface area contributed by atoms with E-state index in [2.05, 4.69) is 81.3 Å². The highest BCUT2D eigenvalue weighted by atomic mass is 16.5. The number of hydrogen-bond acceptors (Lipinski definition) is 9. The van der Waals surface area contributed by atoms with Crippen molar-refractivity contribution < 1.29 is 28.7 Å². The number of nitrogens with one attached hydrogen (secondary N) is 4. The zero-order chi connectivity index (χ0) is 45.0. The molecule has 4 N–H and O–H groups in total. The van der Waals surface area contributed by atoms with Crippen molar-refractivity contribution in [1.82, 2.24) is 40.4 Å². The van der Waals surface area contributed by atoms with E-state index in [1.165, 1.54) is 14.2 Å². The molecule has 7 rings (SSSR count). The molecular weight excluding hydrogens is 799 g/mol. The van der Waals surface area contributed by atoms with Gasteiger partial charge in [0.05, 0.1) is 62.6 Å². The predicted octanol–water partition coefficient (Wildman–Crippen LogP) is 8.30. The van der Waals surface area contributed by atoms with Gasteiger partial charge in [-0.3, -0.25) is 9.59 Å². The Hall–Kier alpha value is -6.69. The van der Waals surface area contributed by atoms with Gasteiger partial charge in [0.15, 0.2) is 0 Å². The molecular formula is C48H57N9O6. The van der Waals surface area contributed by atoms with Crippen LogP contribution in [-0.2, 0) is 19.1 Å². The Bertz CT molecular complexity index is 2500. The van der Waals surface area contributed by atoms with Gasteiger partial charge in [-0.25, -0.2) is 19.6 Å². The number of hydrogen-bond donors (Lipinski definition) is 4. The van der Waals surface area contributed by atoms with Crippen LogP contribution in [0.3, 0.4) is 0 Å². The first-order chi connectivity index (χ1) is 30.3. The summed E-state index contributed by atoms with van der Waals surface area (Å²) in [6.07, 6.45) is 5.93. The van der Waals surface area contributed by atoms with Crippen LogP contribution >= 0.6 is 0 Å². The topological polar surface area (TPSA) is 198 Å². The number of H-pyrrole nitrogens is 2. The molecule has 0 unspecified atom stereocenters. The molecule has 1 saturated heterocycles. The molecule has 0 bridgehead atoms. The Morgan fingerprint density at radius 2 is 1.40 bits per heavy atom. The van der Waals surface area contributed by atoms with Crippen molar-refractivity contribution in [2.45, 2.75) is 90.9 Å². The Kier molecular flexibility index (Phi) is 13.2. The highest BCUT2D eigenvalue weighted by molar-refractivity contribution is 5.91. The van der Waals surface area contributed by atoms with Crippen molar-refractivity contribution in [3.8, 4) is 39.7 Å². The maximum atomic E-state index is 13.9. The summed E-state index contributed by atoms with van der Waals surface area (Å²) < 4.78 is 9.59. The number of carbonyl (C=O) groups is 4. The lowest BCUT2D eigenvalue weighted by atomic mass is 9.98. The number of nitrogens with zero attached hydrogens (tertiary/aromatic N) is 5. The van der Waals surface area contributed by atoms with Crippen molar-refractivity contribution in [2.75, 3.05) is 27.3 Å². The zero-order valence-electron chi connectivity index (χ0n) is 37.0. The number of carbonyl (C=O) groups excluding carboxylic acids is 4. The minimum absolute atomic E-state index is 0.111. The van der Waals surface area contributed by atoms with Gasteiger partial charge < -0.3 is 39.9 Å². The second kappa shape index (κ2) is 18.7. The lowest BCUT2D eigenvalue weighted by Gasteiger charge is -2.34. The molecule has 0 radical (unpaired) electrons. The summed E-state index contributed by atoms with van der Waals surface area (Å²) >= 11 is 0. The van der Waals surface area contributed by atoms with Crippen molar-refractivity contribution in [2.24, 2.45) is 17.3 Å². The number of nitriles is 1. The van der Waals surface area contributed by atoms with Gasteiger partial charge in [-0.05, 0) is 82.5 Å².